The summed E-state index contributed by atoms with van der Waals surface area (Å²) in [6, 6.07) is 0. The van der Waals surface area contributed by atoms with E-state index in [1.54, 1.807) is 0 Å². The molecule has 0 fully saturated rings. The maximum atomic E-state index is 11.1. The summed E-state index contributed by atoms with van der Waals surface area (Å²) >= 11 is 0. The first-order valence-corrected chi connectivity index (χ1v) is 3.73. The average Bonchev–Trinajstić information content (AvgIpc) is 2.17. The van der Waals surface area contributed by atoms with Gasteiger partial charge in [-0.25, -0.2) is 0 Å². The van der Waals surface area contributed by atoms with Crippen LogP contribution in [-0.4, -0.2) is 5.78 Å². The lowest BCUT2D eigenvalue weighted by atomic mass is 9.99. The highest BCUT2D eigenvalue weighted by atomic mass is 16.1. The monoisotopic (exact) mass is 134 g/mol. The van der Waals surface area contributed by atoms with E-state index in [-0.39, 0.29) is 0 Å². The summed E-state index contributed by atoms with van der Waals surface area (Å²) in [7, 11) is 0. The molecule has 0 amide bonds. The van der Waals surface area contributed by atoms with E-state index in [0.29, 0.717) is 17.6 Å². The van der Waals surface area contributed by atoms with E-state index in [2.05, 4.69) is 24.3 Å². The van der Waals surface area contributed by atoms with Crippen LogP contribution < -0.4 is 0 Å². The number of hydrogen-bond donors (Lipinski definition) is 0. The Hall–Kier alpha value is -0.850. The SMILES string of the molecule is O=C1CC2C=CC(C=C2)C1. The fourth-order valence-corrected chi connectivity index (χ4v) is 1.58. The molecule has 0 atom stereocenters. The summed E-state index contributed by atoms with van der Waals surface area (Å²) in [4.78, 5) is 11.1. The highest BCUT2D eigenvalue weighted by Crippen LogP contribution is 2.25. The first kappa shape index (κ1) is 5.90. The van der Waals surface area contributed by atoms with Crippen molar-refractivity contribution >= 4 is 5.78 Å². The molecule has 0 aromatic rings. The zero-order valence-electron chi connectivity index (χ0n) is 5.79. The van der Waals surface area contributed by atoms with Gasteiger partial charge in [0.05, 0.1) is 0 Å². The van der Waals surface area contributed by atoms with Gasteiger partial charge in [0, 0.05) is 24.7 Å². The second kappa shape index (κ2) is 2.08. The van der Waals surface area contributed by atoms with Crippen molar-refractivity contribution in [3.05, 3.63) is 24.3 Å². The molecule has 3 aliphatic rings. The number of Topliss-reactive ketones (excluding diaryl/α,β-unsaturated/α-hetero) is 1. The third-order valence-corrected chi connectivity index (χ3v) is 2.14. The molecule has 0 aromatic heterocycles. The molecule has 0 saturated heterocycles. The average molecular weight is 134 g/mol. The topological polar surface area (TPSA) is 17.1 Å². The van der Waals surface area contributed by atoms with Gasteiger partial charge in [0.1, 0.15) is 5.78 Å². The smallest absolute Gasteiger partial charge is 0.134 e. The van der Waals surface area contributed by atoms with Crippen LogP contribution >= 0.6 is 0 Å². The van der Waals surface area contributed by atoms with Crippen molar-refractivity contribution in [3.63, 3.8) is 0 Å². The van der Waals surface area contributed by atoms with Gasteiger partial charge in [-0.05, 0) is 0 Å². The number of fused-ring (bicyclic) bond motifs is 2. The van der Waals surface area contributed by atoms with Crippen molar-refractivity contribution < 1.29 is 4.79 Å². The van der Waals surface area contributed by atoms with Crippen molar-refractivity contribution in [3.8, 4) is 0 Å². The van der Waals surface area contributed by atoms with Crippen LogP contribution in [0.4, 0.5) is 0 Å². The Kier molecular flexibility index (Phi) is 1.23. The lowest BCUT2D eigenvalue weighted by molar-refractivity contribution is -0.119. The van der Waals surface area contributed by atoms with E-state index >= 15 is 0 Å². The molecule has 10 heavy (non-hydrogen) atoms. The van der Waals surface area contributed by atoms with Crippen LogP contribution in [0.2, 0.25) is 0 Å². The normalized spacial score (nSPS) is 36.6. The summed E-state index contributed by atoms with van der Waals surface area (Å²) < 4.78 is 0. The first-order chi connectivity index (χ1) is 4.84. The third kappa shape index (κ3) is 0.919. The lowest BCUT2D eigenvalue weighted by Gasteiger charge is -2.06. The summed E-state index contributed by atoms with van der Waals surface area (Å²) in [6.07, 6.45) is 10.0. The Morgan fingerprint density at radius 1 is 1.00 bits per heavy atom. The van der Waals surface area contributed by atoms with Crippen molar-refractivity contribution in [2.75, 3.05) is 0 Å². The van der Waals surface area contributed by atoms with Crippen molar-refractivity contribution in [2.45, 2.75) is 12.8 Å². The molecule has 0 heterocycles. The standard InChI is InChI=1S/C9H10O/c10-9-5-7-1-2-8(6-9)4-3-7/h1-4,7-8H,5-6H2. The van der Waals surface area contributed by atoms with E-state index in [1.165, 1.54) is 0 Å². The van der Waals surface area contributed by atoms with Crippen LogP contribution in [0.3, 0.4) is 0 Å². The van der Waals surface area contributed by atoms with Gasteiger partial charge in [0.15, 0.2) is 0 Å². The molecular weight excluding hydrogens is 124 g/mol. The predicted octanol–water partition coefficient (Wildman–Crippen LogP) is 1.71. The minimum absolute atomic E-state index is 0.407. The first-order valence-electron chi connectivity index (χ1n) is 3.73. The minimum atomic E-state index is 0.407. The van der Waals surface area contributed by atoms with Gasteiger partial charge < -0.3 is 0 Å². The summed E-state index contributed by atoms with van der Waals surface area (Å²) in [6.45, 7) is 0. The number of ketones is 1. The summed E-state index contributed by atoms with van der Waals surface area (Å²) in [5, 5.41) is 0. The van der Waals surface area contributed by atoms with Crippen molar-refractivity contribution in [1.29, 1.82) is 0 Å². The van der Waals surface area contributed by atoms with Crippen LogP contribution in [0.15, 0.2) is 24.3 Å². The van der Waals surface area contributed by atoms with Gasteiger partial charge in [-0.15, -0.1) is 0 Å². The highest BCUT2D eigenvalue weighted by molar-refractivity contribution is 5.80. The molecule has 0 spiro atoms. The molecule has 0 aromatic carbocycles. The molecule has 1 heteroatoms. The second-order valence-corrected chi connectivity index (χ2v) is 3.04. The van der Waals surface area contributed by atoms with Gasteiger partial charge in [0.25, 0.3) is 0 Å². The summed E-state index contributed by atoms with van der Waals surface area (Å²) in [5.41, 5.74) is 0. The molecule has 3 aliphatic carbocycles. The number of rotatable bonds is 0. The van der Waals surface area contributed by atoms with Crippen LogP contribution in [0.5, 0.6) is 0 Å². The Bertz CT molecular complexity index is 179. The third-order valence-electron chi connectivity index (χ3n) is 2.14. The Labute approximate surface area is 60.4 Å². The minimum Gasteiger partial charge on any atom is -0.300 e. The molecular formula is C9H10O. The number of allylic oxidation sites excluding steroid dienone is 4. The number of hydrogen-bond acceptors (Lipinski definition) is 1. The maximum absolute atomic E-state index is 11.1. The highest BCUT2D eigenvalue weighted by Gasteiger charge is 2.20. The molecule has 0 aliphatic heterocycles. The van der Waals surface area contributed by atoms with E-state index in [0.717, 1.165) is 12.8 Å². The van der Waals surface area contributed by atoms with E-state index in [4.69, 9.17) is 0 Å². The van der Waals surface area contributed by atoms with Gasteiger partial charge in [0.2, 0.25) is 0 Å². The molecule has 0 unspecified atom stereocenters. The number of carbonyl (C=O) groups excluding carboxylic acids is 1. The molecule has 2 bridgehead atoms. The Morgan fingerprint density at radius 2 is 1.40 bits per heavy atom. The van der Waals surface area contributed by atoms with Gasteiger partial charge in [-0.2, -0.15) is 0 Å². The zero-order chi connectivity index (χ0) is 6.97. The molecule has 0 saturated carbocycles. The molecule has 0 radical (unpaired) electrons. The fraction of sp³-hybridized carbons (Fsp3) is 0.444. The van der Waals surface area contributed by atoms with Gasteiger partial charge in [-0.3, -0.25) is 4.79 Å². The van der Waals surface area contributed by atoms with Crippen molar-refractivity contribution in [1.82, 2.24) is 0 Å². The fourth-order valence-electron chi connectivity index (χ4n) is 1.58. The maximum Gasteiger partial charge on any atom is 0.134 e. The van der Waals surface area contributed by atoms with Gasteiger partial charge >= 0.3 is 0 Å². The molecule has 1 nitrogen and oxygen atoms in total. The molecule has 3 rings (SSSR count). The largest absolute Gasteiger partial charge is 0.300 e. The zero-order valence-corrected chi connectivity index (χ0v) is 5.79. The predicted molar refractivity (Wildman–Crippen MR) is 39.5 cm³/mol. The van der Waals surface area contributed by atoms with E-state index in [9.17, 15) is 4.79 Å². The van der Waals surface area contributed by atoms with E-state index < -0.39 is 0 Å². The Balaban J connectivity index is 2.27. The number of carbonyl (C=O) groups is 1. The van der Waals surface area contributed by atoms with Crippen LogP contribution in [0, 0.1) is 11.8 Å². The van der Waals surface area contributed by atoms with Gasteiger partial charge in [-0.1, -0.05) is 24.3 Å². The van der Waals surface area contributed by atoms with Crippen LogP contribution in [-0.2, 0) is 4.79 Å². The lowest BCUT2D eigenvalue weighted by Crippen LogP contribution is -2.00. The quantitative estimate of drug-likeness (QED) is 0.461. The van der Waals surface area contributed by atoms with Crippen LogP contribution in [0.1, 0.15) is 12.8 Å². The van der Waals surface area contributed by atoms with E-state index in [1.807, 2.05) is 0 Å². The Morgan fingerprint density at radius 3 is 1.80 bits per heavy atom. The second-order valence-electron chi connectivity index (χ2n) is 3.04. The van der Waals surface area contributed by atoms with Crippen molar-refractivity contribution in [2.24, 2.45) is 11.8 Å². The van der Waals surface area contributed by atoms with Crippen LogP contribution in [0.25, 0.3) is 0 Å². The summed E-state index contributed by atoms with van der Waals surface area (Å²) in [5.74, 6) is 1.22. The molecule has 0 N–H and O–H groups in total. The molecule has 52 valence electrons.